The molecule has 1 saturated carbocycles. The Morgan fingerprint density at radius 1 is 1.24 bits per heavy atom. The quantitative estimate of drug-likeness (QED) is 0.724. The van der Waals surface area contributed by atoms with Gasteiger partial charge in [0.15, 0.2) is 5.76 Å². The Labute approximate surface area is 151 Å². The van der Waals surface area contributed by atoms with Crippen LogP contribution in [-0.4, -0.2) is 43.2 Å². The second-order valence-corrected chi connectivity index (χ2v) is 7.36. The van der Waals surface area contributed by atoms with E-state index in [1.54, 1.807) is 6.07 Å². The number of hydrogen-bond acceptors (Lipinski definition) is 4. The normalized spacial score (nSPS) is 20.7. The largest absolute Gasteiger partial charge is 0.454 e. The summed E-state index contributed by atoms with van der Waals surface area (Å²) in [5.74, 6) is 1.17. The second kappa shape index (κ2) is 9.39. The lowest BCUT2D eigenvalue weighted by Gasteiger charge is -2.31. The van der Waals surface area contributed by atoms with Crippen LogP contribution in [0.15, 0.2) is 16.5 Å². The Balaban J connectivity index is 1.37. The summed E-state index contributed by atoms with van der Waals surface area (Å²) in [6.07, 6.45) is 10.1. The van der Waals surface area contributed by atoms with Crippen LogP contribution in [0.2, 0.25) is 0 Å². The lowest BCUT2D eigenvalue weighted by molar-refractivity contribution is 0.0564. The summed E-state index contributed by atoms with van der Waals surface area (Å²) in [7, 11) is 0. The van der Waals surface area contributed by atoms with Crippen molar-refractivity contribution in [3.05, 3.63) is 23.7 Å². The smallest absolute Gasteiger partial charge is 0.286 e. The molecule has 140 valence electrons. The van der Waals surface area contributed by atoms with Gasteiger partial charge in [0.25, 0.3) is 5.91 Å². The van der Waals surface area contributed by atoms with E-state index in [1.165, 1.54) is 44.9 Å². The lowest BCUT2D eigenvalue weighted by Crippen LogP contribution is -2.32. The molecule has 5 nitrogen and oxygen atoms in total. The molecule has 1 aliphatic carbocycles. The van der Waals surface area contributed by atoms with Crippen molar-refractivity contribution in [1.82, 2.24) is 10.2 Å². The molecule has 2 heterocycles. The third kappa shape index (κ3) is 5.32. The van der Waals surface area contributed by atoms with Gasteiger partial charge in [0, 0.05) is 13.2 Å². The number of furan rings is 1. The highest BCUT2D eigenvalue weighted by Crippen LogP contribution is 2.25. The molecule has 1 amide bonds. The minimum absolute atomic E-state index is 0.127. The van der Waals surface area contributed by atoms with Gasteiger partial charge in [0.05, 0.1) is 12.1 Å². The van der Waals surface area contributed by atoms with Crippen molar-refractivity contribution < 1.29 is 13.9 Å². The molecular weight excluding hydrogens is 316 g/mol. The summed E-state index contributed by atoms with van der Waals surface area (Å²) in [5, 5.41) is 2.93. The minimum Gasteiger partial charge on any atom is -0.454 e. The standard InChI is InChI=1S/C20H32N2O3/c1-16(22-13-5-2-6-14-22)18-10-11-19(25-18)20(23)21-12-7-15-24-17-8-3-4-9-17/h10-11,16-17H,2-9,12-15H2,1H3,(H,21,23)/t16-/m0/s1. The van der Waals surface area contributed by atoms with Gasteiger partial charge in [-0.05, 0) is 64.3 Å². The van der Waals surface area contributed by atoms with Crippen LogP contribution in [0.1, 0.15) is 80.6 Å². The van der Waals surface area contributed by atoms with E-state index in [9.17, 15) is 4.79 Å². The number of amides is 1. The maximum Gasteiger partial charge on any atom is 0.286 e. The van der Waals surface area contributed by atoms with Gasteiger partial charge in [-0.25, -0.2) is 0 Å². The third-order valence-corrected chi connectivity index (χ3v) is 5.46. The first-order valence-electron chi connectivity index (χ1n) is 9.97. The number of rotatable bonds is 8. The summed E-state index contributed by atoms with van der Waals surface area (Å²) in [6.45, 7) is 5.74. The summed E-state index contributed by atoms with van der Waals surface area (Å²) in [5.41, 5.74) is 0. The molecule has 1 atom stereocenters. The number of nitrogens with zero attached hydrogens (tertiary/aromatic N) is 1. The van der Waals surface area contributed by atoms with Crippen molar-refractivity contribution >= 4 is 5.91 Å². The first-order chi connectivity index (χ1) is 12.2. The molecular formula is C20H32N2O3. The van der Waals surface area contributed by atoms with Crippen LogP contribution in [-0.2, 0) is 4.74 Å². The maximum atomic E-state index is 12.2. The molecule has 3 rings (SSSR count). The van der Waals surface area contributed by atoms with Crippen LogP contribution >= 0.6 is 0 Å². The van der Waals surface area contributed by atoms with E-state index in [0.717, 1.165) is 31.9 Å². The average Bonchev–Trinajstić information content (AvgIpc) is 3.33. The van der Waals surface area contributed by atoms with Gasteiger partial charge in [-0.15, -0.1) is 0 Å². The highest BCUT2D eigenvalue weighted by Gasteiger charge is 2.22. The first-order valence-corrected chi connectivity index (χ1v) is 9.97. The topological polar surface area (TPSA) is 54.7 Å². The highest BCUT2D eigenvalue weighted by atomic mass is 16.5. The fourth-order valence-electron chi connectivity index (χ4n) is 3.85. The molecule has 0 unspecified atom stereocenters. The van der Waals surface area contributed by atoms with Crippen LogP contribution in [0, 0.1) is 0 Å². The van der Waals surface area contributed by atoms with Gasteiger partial charge in [0.2, 0.25) is 0 Å². The monoisotopic (exact) mass is 348 g/mol. The fraction of sp³-hybridized carbons (Fsp3) is 0.750. The van der Waals surface area contributed by atoms with Crippen molar-refractivity contribution in [3.8, 4) is 0 Å². The van der Waals surface area contributed by atoms with Gasteiger partial charge in [-0.3, -0.25) is 9.69 Å². The molecule has 1 aromatic rings. The lowest BCUT2D eigenvalue weighted by atomic mass is 10.1. The zero-order chi connectivity index (χ0) is 17.5. The zero-order valence-electron chi connectivity index (χ0n) is 15.5. The van der Waals surface area contributed by atoms with Gasteiger partial charge >= 0.3 is 0 Å². The van der Waals surface area contributed by atoms with Gasteiger partial charge in [0.1, 0.15) is 5.76 Å². The molecule has 2 aliphatic rings. The number of nitrogens with one attached hydrogen (secondary N) is 1. The summed E-state index contributed by atoms with van der Waals surface area (Å²) in [6, 6.07) is 3.97. The number of carbonyl (C=O) groups is 1. The predicted molar refractivity (Wildman–Crippen MR) is 97.7 cm³/mol. The molecule has 2 fully saturated rings. The van der Waals surface area contributed by atoms with Crippen LogP contribution in [0.5, 0.6) is 0 Å². The number of carbonyl (C=O) groups excluding carboxylic acids is 1. The van der Waals surface area contributed by atoms with E-state index in [1.807, 2.05) is 6.07 Å². The second-order valence-electron chi connectivity index (χ2n) is 7.36. The van der Waals surface area contributed by atoms with E-state index >= 15 is 0 Å². The fourth-order valence-corrected chi connectivity index (χ4v) is 3.85. The zero-order valence-corrected chi connectivity index (χ0v) is 15.5. The van der Waals surface area contributed by atoms with E-state index in [0.29, 0.717) is 18.4 Å². The average molecular weight is 348 g/mol. The van der Waals surface area contributed by atoms with Crippen molar-refractivity contribution in [1.29, 1.82) is 0 Å². The number of ether oxygens (including phenoxy) is 1. The van der Waals surface area contributed by atoms with Crippen molar-refractivity contribution in [2.24, 2.45) is 0 Å². The first kappa shape index (κ1) is 18.5. The number of hydrogen-bond donors (Lipinski definition) is 1. The molecule has 0 bridgehead atoms. The van der Waals surface area contributed by atoms with Crippen LogP contribution in [0.25, 0.3) is 0 Å². The Morgan fingerprint density at radius 3 is 2.76 bits per heavy atom. The van der Waals surface area contributed by atoms with Gasteiger partial charge in [-0.1, -0.05) is 19.3 Å². The summed E-state index contributed by atoms with van der Waals surface area (Å²) >= 11 is 0. The highest BCUT2D eigenvalue weighted by molar-refractivity contribution is 5.91. The predicted octanol–water partition coefficient (Wildman–Crippen LogP) is 3.91. The molecule has 5 heteroatoms. The Bertz CT molecular complexity index is 531. The number of likely N-dealkylation sites (tertiary alicyclic amines) is 1. The van der Waals surface area contributed by atoms with E-state index in [-0.39, 0.29) is 11.9 Å². The van der Waals surface area contributed by atoms with Gasteiger partial charge in [-0.2, -0.15) is 0 Å². The maximum absolute atomic E-state index is 12.2. The van der Waals surface area contributed by atoms with Crippen molar-refractivity contribution in [2.45, 2.75) is 70.4 Å². The minimum atomic E-state index is -0.127. The Kier molecular flexibility index (Phi) is 6.93. The SMILES string of the molecule is C[C@@H](c1ccc(C(=O)NCCCOC2CCCC2)o1)N1CCCCC1. The Hall–Kier alpha value is -1.33. The molecule has 1 saturated heterocycles. The molecule has 25 heavy (non-hydrogen) atoms. The molecule has 1 aromatic heterocycles. The van der Waals surface area contributed by atoms with Crippen LogP contribution in [0.3, 0.4) is 0 Å². The summed E-state index contributed by atoms with van der Waals surface area (Å²) in [4.78, 5) is 14.7. The molecule has 0 radical (unpaired) electrons. The molecule has 0 aromatic carbocycles. The molecule has 0 spiro atoms. The summed E-state index contributed by atoms with van der Waals surface area (Å²) < 4.78 is 11.6. The van der Waals surface area contributed by atoms with Crippen LogP contribution < -0.4 is 5.32 Å². The van der Waals surface area contributed by atoms with E-state index < -0.39 is 0 Å². The Morgan fingerprint density at radius 2 is 2.00 bits per heavy atom. The van der Waals surface area contributed by atoms with Gasteiger partial charge < -0.3 is 14.5 Å². The molecule has 1 aliphatic heterocycles. The van der Waals surface area contributed by atoms with E-state index in [4.69, 9.17) is 9.15 Å². The number of piperidine rings is 1. The van der Waals surface area contributed by atoms with Crippen molar-refractivity contribution in [2.75, 3.05) is 26.2 Å². The van der Waals surface area contributed by atoms with E-state index in [2.05, 4.69) is 17.1 Å². The van der Waals surface area contributed by atoms with Crippen molar-refractivity contribution in [3.63, 3.8) is 0 Å². The third-order valence-electron chi connectivity index (χ3n) is 5.46. The van der Waals surface area contributed by atoms with Crippen LogP contribution in [0.4, 0.5) is 0 Å². The molecule has 1 N–H and O–H groups in total.